The molecule has 7 nitrogen and oxygen atoms in total. The highest BCUT2D eigenvalue weighted by atomic mass is 35.5. The lowest BCUT2D eigenvalue weighted by molar-refractivity contribution is -0.121. The number of rotatable bonds is 9. The van der Waals surface area contributed by atoms with E-state index in [9.17, 15) is 4.79 Å². The lowest BCUT2D eigenvalue weighted by atomic mass is 10.1. The topological polar surface area (TPSA) is 77.8 Å². The van der Waals surface area contributed by atoms with Gasteiger partial charge in [-0.15, -0.1) is 0 Å². The van der Waals surface area contributed by atoms with Crippen LogP contribution in [0, 0.1) is 13.8 Å². The first-order chi connectivity index (χ1) is 16.9. The van der Waals surface area contributed by atoms with Crippen LogP contribution in [0.3, 0.4) is 0 Å². The largest absolute Gasteiger partial charge is 0.493 e. The quantitative estimate of drug-likeness (QED) is 0.356. The number of nitrogens with zero attached hydrogens (tertiary/aromatic N) is 3. The molecule has 35 heavy (non-hydrogen) atoms. The van der Waals surface area contributed by atoms with E-state index in [2.05, 4.69) is 5.32 Å². The molecular formula is C27H29ClN4O3. The van der Waals surface area contributed by atoms with Gasteiger partial charge in [-0.2, -0.15) is 5.10 Å². The number of ether oxygens (including phenoxy) is 2. The Morgan fingerprint density at radius 2 is 1.74 bits per heavy atom. The predicted molar refractivity (Wildman–Crippen MR) is 137 cm³/mol. The van der Waals surface area contributed by atoms with Gasteiger partial charge < -0.3 is 14.8 Å². The third kappa shape index (κ3) is 5.57. The second-order valence-electron chi connectivity index (χ2n) is 8.36. The van der Waals surface area contributed by atoms with Crippen molar-refractivity contribution < 1.29 is 14.3 Å². The fourth-order valence-electron chi connectivity index (χ4n) is 4.16. The molecule has 2 aromatic heterocycles. The molecule has 182 valence electrons. The van der Waals surface area contributed by atoms with Crippen LogP contribution < -0.4 is 14.8 Å². The third-order valence-corrected chi connectivity index (χ3v) is 6.34. The van der Waals surface area contributed by atoms with Crippen molar-refractivity contribution in [3.8, 4) is 22.8 Å². The highest BCUT2D eigenvalue weighted by Crippen LogP contribution is 2.27. The van der Waals surface area contributed by atoms with E-state index < -0.39 is 0 Å². The molecule has 4 rings (SSSR count). The zero-order chi connectivity index (χ0) is 24.9. The molecule has 0 saturated carbocycles. The van der Waals surface area contributed by atoms with E-state index >= 15 is 0 Å². The van der Waals surface area contributed by atoms with E-state index in [-0.39, 0.29) is 5.91 Å². The Balaban J connectivity index is 1.38. The number of amides is 1. The molecular weight excluding hydrogens is 464 g/mol. The van der Waals surface area contributed by atoms with Gasteiger partial charge in [0.05, 0.1) is 19.9 Å². The first-order valence-electron chi connectivity index (χ1n) is 11.5. The summed E-state index contributed by atoms with van der Waals surface area (Å²) in [5, 5.41) is 8.44. The zero-order valence-electron chi connectivity index (χ0n) is 20.4. The zero-order valence-corrected chi connectivity index (χ0v) is 21.1. The molecule has 2 heterocycles. The summed E-state index contributed by atoms with van der Waals surface area (Å²) < 4.78 is 12.5. The number of hydrogen-bond acceptors (Lipinski definition) is 5. The molecule has 8 heteroatoms. The molecule has 2 aromatic carbocycles. The SMILES string of the molecule is COc1ccc(CCNC(=O)CCc2c(C)nc3cc(-c4ccc(Cl)cc4)nn3c2C)cc1OC. The fraction of sp³-hybridized carbons (Fsp3) is 0.296. The number of fused-ring (bicyclic) bond motifs is 1. The Morgan fingerprint density at radius 3 is 2.46 bits per heavy atom. The van der Waals surface area contributed by atoms with Gasteiger partial charge in [-0.05, 0) is 62.1 Å². The third-order valence-electron chi connectivity index (χ3n) is 6.09. The molecule has 0 fully saturated rings. The van der Waals surface area contributed by atoms with Crippen molar-refractivity contribution in [3.05, 3.63) is 76.1 Å². The van der Waals surface area contributed by atoms with Crippen molar-refractivity contribution >= 4 is 23.2 Å². The summed E-state index contributed by atoms with van der Waals surface area (Å²) in [7, 11) is 3.22. The number of hydrogen-bond donors (Lipinski definition) is 1. The summed E-state index contributed by atoms with van der Waals surface area (Å²) >= 11 is 6.01. The number of methoxy groups -OCH3 is 2. The van der Waals surface area contributed by atoms with Crippen molar-refractivity contribution in [2.75, 3.05) is 20.8 Å². The van der Waals surface area contributed by atoms with Gasteiger partial charge >= 0.3 is 0 Å². The molecule has 0 saturated heterocycles. The standard InChI is InChI=1S/C27H29ClN4O3/c1-17-22(10-12-27(33)29-14-13-19-5-11-24(34-3)25(15-19)35-4)18(2)32-26(30-17)16-23(31-32)20-6-8-21(28)9-7-20/h5-9,11,15-16H,10,12-14H2,1-4H3,(H,29,33). The molecule has 0 unspecified atom stereocenters. The Kier molecular flexibility index (Phi) is 7.56. The van der Waals surface area contributed by atoms with Crippen molar-refractivity contribution in [2.45, 2.75) is 33.1 Å². The van der Waals surface area contributed by atoms with Gasteiger partial charge in [-0.1, -0.05) is 29.8 Å². The van der Waals surface area contributed by atoms with Crippen LogP contribution in [0.5, 0.6) is 11.5 Å². The molecule has 0 aliphatic heterocycles. The van der Waals surface area contributed by atoms with Crippen molar-refractivity contribution in [2.24, 2.45) is 0 Å². The molecule has 0 aliphatic rings. The normalized spacial score (nSPS) is 11.0. The lowest BCUT2D eigenvalue weighted by Crippen LogP contribution is -2.26. The van der Waals surface area contributed by atoms with Crippen LogP contribution in [0.2, 0.25) is 5.02 Å². The van der Waals surface area contributed by atoms with Gasteiger partial charge in [-0.3, -0.25) is 4.79 Å². The van der Waals surface area contributed by atoms with Gasteiger partial charge in [0.15, 0.2) is 17.1 Å². The van der Waals surface area contributed by atoms with E-state index in [0.29, 0.717) is 42.3 Å². The fourth-order valence-corrected chi connectivity index (χ4v) is 4.29. The number of carbonyl (C=O) groups is 1. The van der Waals surface area contributed by atoms with E-state index in [1.807, 2.05) is 66.9 Å². The molecule has 0 bridgehead atoms. The Labute approximate surface area is 210 Å². The number of benzene rings is 2. The average molecular weight is 493 g/mol. The maximum absolute atomic E-state index is 12.5. The maximum Gasteiger partial charge on any atom is 0.220 e. The highest BCUT2D eigenvalue weighted by Gasteiger charge is 2.14. The Bertz CT molecular complexity index is 1350. The van der Waals surface area contributed by atoms with Crippen molar-refractivity contribution in [1.82, 2.24) is 19.9 Å². The van der Waals surface area contributed by atoms with Gasteiger partial charge in [-0.25, -0.2) is 9.50 Å². The molecule has 4 aromatic rings. The van der Waals surface area contributed by atoms with Gasteiger partial charge in [0.2, 0.25) is 5.91 Å². The second-order valence-corrected chi connectivity index (χ2v) is 8.79. The summed E-state index contributed by atoms with van der Waals surface area (Å²) in [6.45, 7) is 4.55. The lowest BCUT2D eigenvalue weighted by Gasteiger charge is -2.12. The van der Waals surface area contributed by atoms with Crippen LogP contribution in [0.25, 0.3) is 16.9 Å². The predicted octanol–water partition coefficient (Wildman–Crippen LogP) is 4.98. The average Bonchev–Trinajstić information content (AvgIpc) is 3.28. The summed E-state index contributed by atoms with van der Waals surface area (Å²) in [6.07, 6.45) is 1.68. The van der Waals surface area contributed by atoms with Crippen LogP contribution in [0.4, 0.5) is 0 Å². The Morgan fingerprint density at radius 1 is 1.00 bits per heavy atom. The van der Waals surface area contributed by atoms with Crippen LogP contribution >= 0.6 is 11.6 Å². The van der Waals surface area contributed by atoms with Gasteiger partial charge in [0, 0.05) is 41.0 Å². The molecule has 0 radical (unpaired) electrons. The Hall–Kier alpha value is -3.58. The summed E-state index contributed by atoms with van der Waals surface area (Å²) in [5.74, 6) is 1.38. The van der Waals surface area contributed by atoms with Crippen LogP contribution in [0.1, 0.15) is 28.9 Å². The highest BCUT2D eigenvalue weighted by molar-refractivity contribution is 6.30. The van der Waals surface area contributed by atoms with E-state index in [1.54, 1.807) is 14.2 Å². The number of halogens is 1. The molecule has 1 N–H and O–H groups in total. The molecule has 1 amide bonds. The van der Waals surface area contributed by atoms with E-state index in [0.717, 1.165) is 39.4 Å². The van der Waals surface area contributed by atoms with Crippen LogP contribution in [-0.4, -0.2) is 41.3 Å². The minimum Gasteiger partial charge on any atom is -0.493 e. The van der Waals surface area contributed by atoms with Crippen LogP contribution in [0.15, 0.2) is 48.5 Å². The van der Waals surface area contributed by atoms with E-state index in [4.69, 9.17) is 31.2 Å². The first-order valence-corrected chi connectivity index (χ1v) is 11.9. The summed E-state index contributed by atoms with van der Waals surface area (Å²) in [4.78, 5) is 17.3. The first kappa shape index (κ1) is 24.5. The monoisotopic (exact) mass is 492 g/mol. The molecule has 0 aliphatic carbocycles. The number of aryl methyl sites for hydroxylation is 2. The van der Waals surface area contributed by atoms with E-state index in [1.165, 1.54) is 0 Å². The smallest absolute Gasteiger partial charge is 0.220 e. The number of aromatic nitrogens is 3. The van der Waals surface area contributed by atoms with Crippen molar-refractivity contribution in [3.63, 3.8) is 0 Å². The molecule has 0 spiro atoms. The number of nitrogens with one attached hydrogen (secondary N) is 1. The van der Waals surface area contributed by atoms with Crippen LogP contribution in [-0.2, 0) is 17.6 Å². The van der Waals surface area contributed by atoms with Gasteiger partial charge in [0.25, 0.3) is 0 Å². The minimum atomic E-state index is 0.00620. The number of carbonyl (C=O) groups excluding carboxylic acids is 1. The summed E-state index contributed by atoms with van der Waals surface area (Å²) in [5.41, 5.74) is 6.61. The van der Waals surface area contributed by atoms with Gasteiger partial charge in [0.1, 0.15) is 0 Å². The van der Waals surface area contributed by atoms with Crippen molar-refractivity contribution in [1.29, 1.82) is 0 Å². The minimum absolute atomic E-state index is 0.00620. The molecule has 0 atom stereocenters. The summed E-state index contributed by atoms with van der Waals surface area (Å²) in [6, 6.07) is 15.3. The second kappa shape index (κ2) is 10.8. The maximum atomic E-state index is 12.5.